The first kappa shape index (κ1) is 18.9. The maximum atomic E-state index is 13.3. The zero-order valence-electron chi connectivity index (χ0n) is 15.4. The van der Waals surface area contributed by atoms with Crippen LogP contribution in [-0.4, -0.2) is 32.7 Å². The predicted molar refractivity (Wildman–Crippen MR) is 97.9 cm³/mol. The third-order valence-corrected chi connectivity index (χ3v) is 4.94. The molecule has 1 atom stereocenters. The molecule has 6 nitrogen and oxygen atoms in total. The molecular weight excluding hydrogens is 383 g/mol. The molecule has 1 N–H and O–H groups in total. The van der Waals surface area contributed by atoms with Crippen molar-refractivity contribution in [2.24, 2.45) is 5.92 Å². The zero-order valence-corrected chi connectivity index (χ0v) is 15.4. The lowest BCUT2D eigenvalue weighted by Crippen LogP contribution is -2.47. The monoisotopic (exact) mass is 399 g/mol. The molecule has 1 aliphatic carbocycles. The first-order chi connectivity index (χ1) is 13.8. The fourth-order valence-corrected chi connectivity index (χ4v) is 3.32. The van der Waals surface area contributed by atoms with Crippen molar-refractivity contribution >= 4 is 11.6 Å². The summed E-state index contributed by atoms with van der Waals surface area (Å²) in [6, 6.07) is 8.76. The van der Waals surface area contributed by atoms with Gasteiger partial charge in [-0.3, -0.25) is 4.79 Å². The highest BCUT2D eigenvalue weighted by Crippen LogP contribution is 2.40. The lowest BCUT2D eigenvalue weighted by atomic mass is 10.0. The van der Waals surface area contributed by atoms with Crippen molar-refractivity contribution in [1.29, 1.82) is 5.26 Å². The summed E-state index contributed by atoms with van der Waals surface area (Å²) in [7, 11) is 0. The van der Waals surface area contributed by atoms with Crippen LogP contribution in [0.3, 0.4) is 0 Å². The fourth-order valence-electron chi connectivity index (χ4n) is 3.32. The number of hydrogen-bond donors (Lipinski definition) is 1. The molecule has 0 bridgehead atoms. The number of fused-ring (bicyclic) bond motifs is 1. The lowest BCUT2D eigenvalue weighted by molar-refractivity contribution is -0.158. The van der Waals surface area contributed by atoms with Gasteiger partial charge in [0.15, 0.2) is 11.3 Å². The van der Waals surface area contributed by atoms with E-state index >= 15 is 0 Å². The van der Waals surface area contributed by atoms with Gasteiger partial charge in [-0.05, 0) is 43.4 Å². The van der Waals surface area contributed by atoms with Crippen LogP contribution in [0.1, 0.15) is 34.5 Å². The van der Waals surface area contributed by atoms with Gasteiger partial charge in [0, 0.05) is 5.56 Å². The summed E-state index contributed by atoms with van der Waals surface area (Å²) >= 11 is 0. The molecule has 9 heteroatoms. The Hall–Kier alpha value is -3.41. The van der Waals surface area contributed by atoms with Crippen LogP contribution in [0.2, 0.25) is 0 Å². The van der Waals surface area contributed by atoms with Crippen LogP contribution in [-0.2, 0) is 0 Å². The summed E-state index contributed by atoms with van der Waals surface area (Å²) in [6.07, 6.45) is -2.43. The average Bonchev–Trinajstić information content (AvgIpc) is 3.42. The van der Waals surface area contributed by atoms with E-state index in [1.165, 1.54) is 10.7 Å². The molecule has 4 rings (SSSR count). The Kier molecular flexibility index (Phi) is 4.49. The van der Waals surface area contributed by atoms with Crippen LogP contribution in [0, 0.1) is 24.2 Å². The number of carbonyl (C=O) groups is 1. The van der Waals surface area contributed by atoms with Gasteiger partial charge < -0.3 is 5.32 Å². The second-order valence-corrected chi connectivity index (χ2v) is 7.08. The summed E-state index contributed by atoms with van der Waals surface area (Å²) in [5.74, 6) is -1.48. The molecule has 29 heavy (non-hydrogen) atoms. The molecule has 1 aliphatic rings. The Balaban J connectivity index is 1.75. The summed E-state index contributed by atoms with van der Waals surface area (Å²) in [6.45, 7) is 1.76. The maximum absolute atomic E-state index is 13.3. The summed E-state index contributed by atoms with van der Waals surface area (Å²) in [5.41, 5.74) is 2.34. The van der Waals surface area contributed by atoms with E-state index in [9.17, 15) is 23.2 Å². The largest absolute Gasteiger partial charge is 0.408 e. The minimum absolute atomic E-state index is 0.0886. The number of nitriles is 1. The fraction of sp³-hybridized carbons (Fsp3) is 0.300. The van der Waals surface area contributed by atoms with Crippen molar-refractivity contribution in [3.8, 4) is 17.3 Å². The first-order valence-corrected chi connectivity index (χ1v) is 9.02. The van der Waals surface area contributed by atoms with Gasteiger partial charge in [-0.25, -0.2) is 9.50 Å². The molecule has 1 unspecified atom stereocenters. The molecule has 0 spiro atoms. The number of nitrogens with zero attached hydrogens (tertiary/aromatic N) is 4. The highest BCUT2D eigenvalue weighted by atomic mass is 19.4. The number of halogens is 3. The van der Waals surface area contributed by atoms with E-state index in [4.69, 9.17) is 0 Å². The molecule has 148 valence electrons. The molecule has 0 radical (unpaired) electrons. The van der Waals surface area contributed by atoms with Crippen LogP contribution in [0.25, 0.3) is 16.9 Å². The van der Waals surface area contributed by atoms with Crippen molar-refractivity contribution in [3.05, 3.63) is 53.3 Å². The lowest BCUT2D eigenvalue weighted by Gasteiger charge is -2.21. The van der Waals surface area contributed by atoms with E-state index < -0.39 is 24.0 Å². The molecule has 3 aromatic rings. The summed E-state index contributed by atoms with van der Waals surface area (Å²) < 4.78 is 41.1. The molecular formula is C20H16F3N5O. The molecule has 1 fully saturated rings. The minimum atomic E-state index is -4.52. The molecule has 1 aromatic carbocycles. The Morgan fingerprint density at radius 1 is 1.34 bits per heavy atom. The number of amides is 1. The number of benzene rings is 1. The Morgan fingerprint density at radius 3 is 2.72 bits per heavy atom. The Bertz CT molecular complexity index is 1140. The highest BCUT2D eigenvalue weighted by molar-refractivity contribution is 5.93. The SMILES string of the molecule is Cc1cc(-c2ccccc2C#N)nn2c(C(=O)NC(C3CC3)C(F)(F)F)cnc12. The average molecular weight is 399 g/mol. The van der Waals surface area contributed by atoms with Crippen molar-refractivity contribution < 1.29 is 18.0 Å². The van der Waals surface area contributed by atoms with Crippen molar-refractivity contribution in [3.63, 3.8) is 0 Å². The normalized spacial score (nSPS) is 15.1. The molecule has 1 amide bonds. The maximum Gasteiger partial charge on any atom is 0.408 e. The van der Waals surface area contributed by atoms with Crippen LogP contribution < -0.4 is 5.32 Å². The molecule has 0 saturated heterocycles. The van der Waals surface area contributed by atoms with Crippen LogP contribution in [0.5, 0.6) is 0 Å². The second-order valence-electron chi connectivity index (χ2n) is 7.08. The van der Waals surface area contributed by atoms with E-state index in [0.29, 0.717) is 40.9 Å². The van der Waals surface area contributed by atoms with Crippen molar-refractivity contribution in [1.82, 2.24) is 19.9 Å². The number of hydrogen-bond acceptors (Lipinski definition) is 4. The van der Waals surface area contributed by atoms with Gasteiger partial charge in [-0.2, -0.15) is 23.5 Å². The quantitative estimate of drug-likeness (QED) is 0.726. The molecule has 2 heterocycles. The summed E-state index contributed by atoms with van der Waals surface area (Å²) in [4.78, 5) is 16.8. The van der Waals surface area contributed by atoms with Gasteiger partial charge in [0.2, 0.25) is 0 Å². The number of aryl methyl sites for hydroxylation is 1. The van der Waals surface area contributed by atoms with Crippen molar-refractivity contribution in [2.75, 3.05) is 0 Å². The summed E-state index contributed by atoms with van der Waals surface area (Å²) in [5, 5.41) is 15.8. The van der Waals surface area contributed by atoms with Crippen LogP contribution in [0.15, 0.2) is 36.5 Å². The van der Waals surface area contributed by atoms with Gasteiger partial charge in [0.1, 0.15) is 6.04 Å². The van der Waals surface area contributed by atoms with E-state index in [0.717, 1.165) is 0 Å². The number of carbonyl (C=O) groups excluding carboxylic acids is 1. The number of imidazole rings is 1. The van der Waals surface area contributed by atoms with Crippen LogP contribution >= 0.6 is 0 Å². The standard InChI is InChI=1S/C20H16F3N5O/c1-11-8-15(14-5-3-2-4-13(14)9-24)27-28-16(10-25-18(11)28)19(29)26-17(12-6-7-12)20(21,22)23/h2-5,8,10,12,17H,6-7H2,1H3,(H,26,29). The number of nitrogens with one attached hydrogen (secondary N) is 1. The number of rotatable bonds is 4. The van der Waals surface area contributed by atoms with Crippen molar-refractivity contribution in [2.45, 2.75) is 32.0 Å². The van der Waals surface area contributed by atoms with E-state index in [1.54, 1.807) is 37.3 Å². The van der Waals surface area contributed by atoms with Gasteiger partial charge in [-0.15, -0.1) is 0 Å². The smallest absolute Gasteiger partial charge is 0.339 e. The third-order valence-electron chi connectivity index (χ3n) is 4.94. The van der Waals surface area contributed by atoms with Gasteiger partial charge >= 0.3 is 6.18 Å². The topological polar surface area (TPSA) is 83.1 Å². The van der Waals surface area contributed by atoms with Crippen LogP contribution in [0.4, 0.5) is 13.2 Å². The Labute approximate surface area is 164 Å². The van der Waals surface area contributed by atoms with E-state index in [2.05, 4.69) is 21.5 Å². The number of aromatic nitrogens is 3. The Morgan fingerprint density at radius 2 is 2.07 bits per heavy atom. The van der Waals surface area contributed by atoms with Gasteiger partial charge in [0.05, 0.1) is 23.5 Å². The van der Waals surface area contributed by atoms with E-state index in [-0.39, 0.29) is 5.69 Å². The third kappa shape index (κ3) is 3.53. The molecule has 0 aliphatic heterocycles. The first-order valence-electron chi connectivity index (χ1n) is 9.02. The van der Waals surface area contributed by atoms with E-state index in [1.807, 2.05) is 0 Å². The highest BCUT2D eigenvalue weighted by Gasteiger charge is 2.49. The minimum Gasteiger partial charge on any atom is -0.339 e. The predicted octanol–water partition coefficient (Wildman–Crippen LogP) is 3.65. The second kappa shape index (κ2) is 6.88. The van der Waals surface area contributed by atoms with Gasteiger partial charge in [0.25, 0.3) is 5.91 Å². The molecule has 1 saturated carbocycles. The van der Waals surface area contributed by atoms with Gasteiger partial charge in [-0.1, -0.05) is 18.2 Å². The zero-order chi connectivity index (χ0) is 20.8. The molecule has 2 aromatic heterocycles. The number of alkyl halides is 3.